The van der Waals surface area contributed by atoms with Crippen LogP contribution in [0.5, 0.6) is 0 Å². The van der Waals surface area contributed by atoms with E-state index in [1.54, 1.807) is 4.90 Å². The van der Waals surface area contributed by atoms with E-state index in [0.29, 0.717) is 18.9 Å². The molecule has 4 heteroatoms. The molecular formula is C16H24N2O2. The minimum absolute atomic E-state index is 0.0238. The first-order chi connectivity index (χ1) is 9.63. The molecule has 0 radical (unpaired) electrons. The van der Waals surface area contributed by atoms with E-state index in [0.717, 1.165) is 12.8 Å². The molecule has 0 saturated carbocycles. The van der Waals surface area contributed by atoms with Crippen molar-refractivity contribution < 1.29 is 9.90 Å². The van der Waals surface area contributed by atoms with Crippen LogP contribution in [0.15, 0.2) is 30.3 Å². The second-order valence-corrected chi connectivity index (χ2v) is 5.68. The van der Waals surface area contributed by atoms with E-state index in [1.807, 2.05) is 30.3 Å². The van der Waals surface area contributed by atoms with Crippen molar-refractivity contribution in [3.63, 3.8) is 0 Å². The molecule has 1 amide bonds. The van der Waals surface area contributed by atoms with E-state index in [1.165, 1.54) is 5.56 Å². The maximum Gasteiger partial charge on any atom is 0.239 e. The van der Waals surface area contributed by atoms with Crippen molar-refractivity contribution in [2.24, 2.45) is 11.7 Å². The average Bonchev–Trinajstić information content (AvgIpc) is 2.85. The minimum Gasteiger partial charge on any atom is -0.394 e. The first-order valence-corrected chi connectivity index (χ1v) is 7.34. The van der Waals surface area contributed by atoms with Crippen LogP contribution in [0.25, 0.3) is 0 Å². The molecule has 1 fully saturated rings. The Morgan fingerprint density at radius 3 is 2.80 bits per heavy atom. The second kappa shape index (κ2) is 6.86. The van der Waals surface area contributed by atoms with Crippen molar-refractivity contribution in [3.05, 3.63) is 35.9 Å². The zero-order valence-corrected chi connectivity index (χ0v) is 12.0. The first kappa shape index (κ1) is 15.0. The Kier molecular flexibility index (Phi) is 5.15. The third-order valence-electron chi connectivity index (χ3n) is 4.26. The molecule has 2 unspecified atom stereocenters. The van der Waals surface area contributed by atoms with Crippen molar-refractivity contribution in [2.45, 2.75) is 38.3 Å². The normalized spacial score (nSPS) is 23.9. The lowest BCUT2D eigenvalue weighted by Crippen LogP contribution is -2.48. The highest BCUT2D eigenvalue weighted by Gasteiger charge is 2.35. The molecule has 1 heterocycles. The standard InChI is InChI=1S/C16H24N2O2/c1-12-9-10-18(15(12)11-19)16(20)14(17)8-7-13-5-3-2-4-6-13/h2-6,12,14-15,19H,7-11,17H2,1H3/t12?,14-,15?/m0/s1. The van der Waals surface area contributed by atoms with Gasteiger partial charge >= 0.3 is 0 Å². The van der Waals surface area contributed by atoms with E-state index in [-0.39, 0.29) is 18.6 Å². The maximum absolute atomic E-state index is 12.4. The molecule has 1 saturated heterocycles. The number of rotatable bonds is 5. The van der Waals surface area contributed by atoms with Crippen LogP contribution in [0.2, 0.25) is 0 Å². The predicted octanol–water partition coefficient (Wildman–Crippen LogP) is 1.18. The number of nitrogens with zero attached hydrogens (tertiary/aromatic N) is 1. The number of carbonyl (C=O) groups is 1. The Bertz CT molecular complexity index is 435. The molecule has 0 aromatic heterocycles. The van der Waals surface area contributed by atoms with Gasteiger partial charge in [0.1, 0.15) is 0 Å². The molecule has 0 spiro atoms. The van der Waals surface area contributed by atoms with Crippen molar-refractivity contribution in [1.29, 1.82) is 0 Å². The maximum atomic E-state index is 12.4. The minimum atomic E-state index is -0.477. The average molecular weight is 276 g/mol. The van der Waals surface area contributed by atoms with Crippen LogP contribution in [-0.4, -0.2) is 41.1 Å². The van der Waals surface area contributed by atoms with Crippen molar-refractivity contribution in [1.82, 2.24) is 4.90 Å². The van der Waals surface area contributed by atoms with Gasteiger partial charge in [0.05, 0.1) is 18.7 Å². The summed E-state index contributed by atoms with van der Waals surface area (Å²) in [5, 5.41) is 9.41. The van der Waals surface area contributed by atoms with Crippen LogP contribution in [0.4, 0.5) is 0 Å². The van der Waals surface area contributed by atoms with E-state index in [2.05, 4.69) is 6.92 Å². The van der Waals surface area contributed by atoms with Gasteiger partial charge in [0, 0.05) is 6.54 Å². The van der Waals surface area contributed by atoms with Crippen molar-refractivity contribution >= 4 is 5.91 Å². The molecule has 1 aliphatic rings. The third kappa shape index (κ3) is 3.38. The number of benzene rings is 1. The molecule has 110 valence electrons. The summed E-state index contributed by atoms with van der Waals surface area (Å²) in [5.74, 6) is 0.328. The molecule has 1 aliphatic heterocycles. The highest BCUT2D eigenvalue weighted by molar-refractivity contribution is 5.82. The van der Waals surface area contributed by atoms with Gasteiger partial charge in [-0.05, 0) is 30.7 Å². The highest BCUT2D eigenvalue weighted by atomic mass is 16.3. The molecule has 2 rings (SSSR count). The van der Waals surface area contributed by atoms with E-state index < -0.39 is 6.04 Å². The van der Waals surface area contributed by atoms with Crippen LogP contribution < -0.4 is 5.73 Å². The zero-order chi connectivity index (χ0) is 14.5. The molecule has 0 bridgehead atoms. The number of likely N-dealkylation sites (tertiary alicyclic amines) is 1. The summed E-state index contributed by atoms with van der Waals surface area (Å²) in [4.78, 5) is 14.1. The number of aliphatic hydroxyl groups excluding tert-OH is 1. The Morgan fingerprint density at radius 2 is 2.15 bits per heavy atom. The topological polar surface area (TPSA) is 66.6 Å². The molecule has 1 aromatic carbocycles. The Labute approximate surface area is 120 Å². The second-order valence-electron chi connectivity index (χ2n) is 5.68. The summed E-state index contributed by atoms with van der Waals surface area (Å²) in [5.41, 5.74) is 7.23. The predicted molar refractivity (Wildman–Crippen MR) is 79.1 cm³/mol. The Hall–Kier alpha value is -1.39. The number of hydrogen-bond acceptors (Lipinski definition) is 3. The van der Waals surface area contributed by atoms with Gasteiger partial charge in [-0.3, -0.25) is 4.79 Å². The lowest BCUT2D eigenvalue weighted by atomic mass is 10.0. The number of carbonyl (C=O) groups excluding carboxylic acids is 1. The lowest BCUT2D eigenvalue weighted by molar-refractivity contribution is -0.134. The van der Waals surface area contributed by atoms with Crippen molar-refractivity contribution in [3.8, 4) is 0 Å². The fourth-order valence-electron chi connectivity index (χ4n) is 2.86. The molecular weight excluding hydrogens is 252 g/mol. The largest absolute Gasteiger partial charge is 0.394 e. The van der Waals surface area contributed by atoms with Gasteiger partial charge in [-0.15, -0.1) is 0 Å². The Balaban J connectivity index is 1.89. The summed E-state index contributed by atoms with van der Waals surface area (Å²) < 4.78 is 0. The van der Waals surface area contributed by atoms with Gasteiger partial charge in [-0.25, -0.2) is 0 Å². The van der Waals surface area contributed by atoms with Crippen LogP contribution in [0.1, 0.15) is 25.3 Å². The fourth-order valence-corrected chi connectivity index (χ4v) is 2.86. The van der Waals surface area contributed by atoms with E-state index >= 15 is 0 Å². The SMILES string of the molecule is CC1CCN(C(=O)[C@@H](N)CCc2ccccc2)C1CO. The monoisotopic (exact) mass is 276 g/mol. The van der Waals surface area contributed by atoms with Crippen LogP contribution in [-0.2, 0) is 11.2 Å². The summed E-state index contributed by atoms with van der Waals surface area (Å²) in [7, 11) is 0. The van der Waals surface area contributed by atoms with Gasteiger partial charge in [-0.2, -0.15) is 0 Å². The molecule has 4 nitrogen and oxygen atoms in total. The quantitative estimate of drug-likeness (QED) is 0.848. The lowest BCUT2D eigenvalue weighted by Gasteiger charge is -2.27. The Morgan fingerprint density at radius 1 is 1.45 bits per heavy atom. The number of amides is 1. The fraction of sp³-hybridized carbons (Fsp3) is 0.562. The van der Waals surface area contributed by atoms with Crippen LogP contribution in [0.3, 0.4) is 0 Å². The van der Waals surface area contributed by atoms with Gasteiger partial charge in [0.25, 0.3) is 0 Å². The summed E-state index contributed by atoms with van der Waals surface area (Å²) in [6.07, 6.45) is 2.40. The first-order valence-electron chi connectivity index (χ1n) is 7.34. The van der Waals surface area contributed by atoms with Crippen LogP contribution in [0, 0.1) is 5.92 Å². The number of aryl methyl sites for hydroxylation is 1. The zero-order valence-electron chi connectivity index (χ0n) is 12.0. The third-order valence-corrected chi connectivity index (χ3v) is 4.26. The molecule has 1 aromatic rings. The highest BCUT2D eigenvalue weighted by Crippen LogP contribution is 2.24. The van der Waals surface area contributed by atoms with Gasteiger partial charge < -0.3 is 15.7 Å². The summed E-state index contributed by atoms with van der Waals surface area (Å²) in [6.45, 7) is 2.81. The smallest absolute Gasteiger partial charge is 0.239 e. The molecule has 3 atom stereocenters. The van der Waals surface area contributed by atoms with Gasteiger partial charge in [0.2, 0.25) is 5.91 Å². The number of nitrogens with two attached hydrogens (primary N) is 1. The van der Waals surface area contributed by atoms with E-state index in [4.69, 9.17) is 5.73 Å². The molecule has 20 heavy (non-hydrogen) atoms. The number of aliphatic hydroxyl groups is 1. The van der Waals surface area contributed by atoms with Gasteiger partial charge in [-0.1, -0.05) is 37.3 Å². The summed E-state index contributed by atoms with van der Waals surface area (Å²) >= 11 is 0. The molecule has 3 N–H and O–H groups in total. The molecule has 0 aliphatic carbocycles. The number of hydrogen-bond donors (Lipinski definition) is 2. The summed E-state index contributed by atoms with van der Waals surface area (Å²) in [6, 6.07) is 9.52. The van der Waals surface area contributed by atoms with Gasteiger partial charge in [0.15, 0.2) is 0 Å². The van der Waals surface area contributed by atoms with Crippen molar-refractivity contribution in [2.75, 3.05) is 13.2 Å². The van der Waals surface area contributed by atoms with Crippen LogP contribution >= 0.6 is 0 Å². The van der Waals surface area contributed by atoms with E-state index in [9.17, 15) is 9.90 Å².